The predicted octanol–water partition coefficient (Wildman–Crippen LogP) is 5.44. The van der Waals surface area contributed by atoms with Crippen molar-refractivity contribution in [2.75, 3.05) is 5.32 Å². The van der Waals surface area contributed by atoms with Gasteiger partial charge in [0.1, 0.15) is 11.5 Å². The number of fused-ring (bicyclic) bond motifs is 1. The molecule has 0 aliphatic carbocycles. The molecule has 1 N–H and O–H groups in total. The van der Waals surface area contributed by atoms with E-state index in [4.69, 9.17) is 4.98 Å². The average Bonchev–Trinajstić information content (AvgIpc) is 2.91. The van der Waals surface area contributed by atoms with Gasteiger partial charge in [0.25, 0.3) is 0 Å². The van der Waals surface area contributed by atoms with Gasteiger partial charge in [0.05, 0.1) is 5.69 Å². The van der Waals surface area contributed by atoms with Crippen LogP contribution in [0.5, 0.6) is 0 Å². The van der Waals surface area contributed by atoms with E-state index in [0.717, 1.165) is 34.6 Å². The van der Waals surface area contributed by atoms with Gasteiger partial charge in [0, 0.05) is 17.2 Å². The number of aryl methyl sites for hydroxylation is 1. The van der Waals surface area contributed by atoms with Crippen molar-refractivity contribution in [2.45, 2.75) is 39.2 Å². The third kappa shape index (κ3) is 3.94. The van der Waals surface area contributed by atoms with E-state index >= 15 is 0 Å². The van der Waals surface area contributed by atoms with Gasteiger partial charge >= 0.3 is 0 Å². The predicted molar refractivity (Wildman–Crippen MR) is 99.9 cm³/mol. The second-order valence-electron chi connectivity index (χ2n) is 5.78. The van der Waals surface area contributed by atoms with E-state index in [0.29, 0.717) is 0 Å². The Morgan fingerprint density at radius 1 is 1.09 bits per heavy atom. The molecule has 23 heavy (non-hydrogen) atoms. The number of pyridine rings is 1. The van der Waals surface area contributed by atoms with Crippen molar-refractivity contribution < 1.29 is 0 Å². The summed E-state index contributed by atoms with van der Waals surface area (Å²) in [6.45, 7) is 3.04. The second-order valence-corrected chi connectivity index (χ2v) is 6.69. The highest BCUT2D eigenvalue weighted by Gasteiger charge is 2.12. The van der Waals surface area contributed by atoms with Crippen LogP contribution in [0.1, 0.15) is 37.4 Å². The van der Waals surface area contributed by atoms with Crippen molar-refractivity contribution in [1.82, 2.24) is 9.38 Å². The van der Waals surface area contributed by atoms with E-state index in [2.05, 4.69) is 69.1 Å². The lowest BCUT2D eigenvalue weighted by molar-refractivity contribution is 0.710. The van der Waals surface area contributed by atoms with Gasteiger partial charge in [-0.15, -0.1) is 0 Å². The average molecular weight is 372 g/mol. The number of unbranched alkanes of at least 4 members (excludes halogenated alkanes) is 2. The molecular weight excluding hydrogens is 350 g/mol. The topological polar surface area (TPSA) is 29.3 Å². The first-order valence-electron chi connectivity index (χ1n) is 8.22. The molecule has 0 saturated carbocycles. The largest absolute Gasteiger partial charge is 0.366 e. The van der Waals surface area contributed by atoms with Gasteiger partial charge in [0.2, 0.25) is 0 Å². The van der Waals surface area contributed by atoms with E-state index in [9.17, 15) is 0 Å². The minimum atomic E-state index is 0.807. The number of rotatable bonds is 7. The number of halogens is 1. The van der Waals surface area contributed by atoms with Crippen LogP contribution in [0, 0.1) is 0 Å². The molecule has 2 heterocycles. The standard InChI is InChI=1S/C19H22BrN3/c1-2-3-5-10-17-19(21-13-15-8-6-4-7-9-15)23-14-16(20)11-12-18(23)22-17/h4,6-9,11-12,14,21H,2-3,5,10,13H2,1H3. The third-order valence-corrected chi connectivity index (χ3v) is 4.44. The number of benzene rings is 1. The zero-order chi connectivity index (χ0) is 16.1. The maximum atomic E-state index is 4.82. The lowest BCUT2D eigenvalue weighted by atomic mass is 10.1. The molecule has 0 amide bonds. The first kappa shape index (κ1) is 16.1. The van der Waals surface area contributed by atoms with Crippen LogP contribution < -0.4 is 5.32 Å². The monoisotopic (exact) mass is 371 g/mol. The highest BCUT2D eigenvalue weighted by atomic mass is 79.9. The highest BCUT2D eigenvalue weighted by molar-refractivity contribution is 9.10. The number of nitrogens with zero attached hydrogens (tertiary/aromatic N) is 2. The Labute approximate surface area is 145 Å². The number of anilines is 1. The van der Waals surface area contributed by atoms with E-state index in [1.165, 1.54) is 24.8 Å². The first-order valence-corrected chi connectivity index (χ1v) is 9.01. The van der Waals surface area contributed by atoms with E-state index in [1.54, 1.807) is 0 Å². The van der Waals surface area contributed by atoms with Crippen LogP contribution in [0.15, 0.2) is 53.1 Å². The molecule has 3 aromatic rings. The highest BCUT2D eigenvalue weighted by Crippen LogP contribution is 2.23. The molecule has 3 nitrogen and oxygen atoms in total. The van der Waals surface area contributed by atoms with Crippen LogP contribution in [0.2, 0.25) is 0 Å². The fraction of sp³-hybridized carbons (Fsp3) is 0.316. The van der Waals surface area contributed by atoms with Crippen molar-refractivity contribution >= 4 is 27.4 Å². The zero-order valence-electron chi connectivity index (χ0n) is 13.4. The smallest absolute Gasteiger partial charge is 0.138 e. The SMILES string of the molecule is CCCCCc1nc2ccc(Br)cn2c1NCc1ccccc1. The van der Waals surface area contributed by atoms with E-state index < -0.39 is 0 Å². The number of hydrogen-bond donors (Lipinski definition) is 1. The van der Waals surface area contributed by atoms with E-state index in [1.807, 2.05) is 12.1 Å². The zero-order valence-corrected chi connectivity index (χ0v) is 15.0. The number of imidazole rings is 1. The lowest BCUT2D eigenvalue weighted by Crippen LogP contribution is -2.04. The van der Waals surface area contributed by atoms with Crippen molar-refractivity contribution in [3.05, 3.63) is 64.4 Å². The van der Waals surface area contributed by atoms with Crippen molar-refractivity contribution in [3.63, 3.8) is 0 Å². The normalized spacial score (nSPS) is 11.0. The Kier molecular flexibility index (Phi) is 5.34. The van der Waals surface area contributed by atoms with Gasteiger partial charge < -0.3 is 5.32 Å². The summed E-state index contributed by atoms with van der Waals surface area (Å²) < 4.78 is 3.21. The summed E-state index contributed by atoms with van der Waals surface area (Å²) in [5.41, 5.74) is 3.43. The molecule has 0 bridgehead atoms. The summed E-state index contributed by atoms with van der Waals surface area (Å²) in [4.78, 5) is 4.82. The van der Waals surface area contributed by atoms with Crippen LogP contribution in [0.4, 0.5) is 5.82 Å². The number of nitrogens with one attached hydrogen (secondary N) is 1. The van der Waals surface area contributed by atoms with Gasteiger partial charge in [0.15, 0.2) is 0 Å². The van der Waals surface area contributed by atoms with Crippen LogP contribution in [-0.4, -0.2) is 9.38 Å². The molecule has 0 spiro atoms. The lowest BCUT2D eigenvalue weighted by Gasteiger charge is -2.09. The summed E-state index contributed by atoms with van der Waals surface area (Å²) in [7, 11) is 0. The summed E-state index contributed by atoms with van der Waals surface area (Å²) >= 11 is 3.56. The summed E-state index contributed by atoms with van der Waals surface area (Å²) in [6, 6.07) is 14.6. The van der Waals surface area contributed by atoms with Crippen LogP contribution in [0.25, 0.3) is 5.65 Å². The molecule has 0 radical (unpaired) electrons. The Morgan fingerprint density at radius 3 is 2.70 bits per heavy atom. The molecule has 3 rings (SSSR count). The minimum absolute atomic E-state index is 0.807. The van der Waals surface area contributed by atoms with Gasteiger partial charge in [-0.2, -0.15) is 0 Å². The summed E-state index contributed by atoms with van der Waals surface area (Å²) in [5, 5.41) is 3.59. The number of hydrogen-bond acceptors (Lipinski definition) is 2. The maximum absolute atomic E-state index is 4.82. The third-order valence-electron chi connectivity index (χ3n) is 3.97. The Balaban J connectivity index is 1.87. The Bertz CT molecular complexity index is 765. The quantitative estimate of drug-likeness (QED) is 0.560. The molecule has 120 valence electrons. The molecule has 0 fully saturated rings. The molecule has 2 aromatic heterocycles. The second kappa shape index (κ2) is 7.64. The molecule has 1 aromatic carbocycles. The Morgan fingerprint density at radius 2 is 1.91 bits per heavy atom. The maximum Gasteiger partial charge on any atom is 0.138 e. The van der Waals surface area contributed by atoms with Crippen molar-refractivity contribution in [3.8, 4) is 0 Å². The molecule has 0 aliphatic heterocycles. The van der Waals surface area contributed by atoms with Crippen molar-refractivity contribution in [1.29, 1.82) is 0 Å². The van der Waals surface area contributed by atoms with Gasteiger partial charge in [-0.1, -0.05) is 50.1 Å². The molecule has 0 atom stereocenters. The fourth-order valence-corrected chi connectivity index (χ4v) is 3.09. The fourth-order valence-electron chi connectivity index (χ4n) is 2.75. The molecule has 0 unspecified atom stereocenters. The summed E-state index contributed by atoms with van der Waals surface area (Å²) in [5.74, 6) is 1.11. The molecular formula is C19H22BrN3. The van der Waals surface area contributed by atoms with Crippen LogP contribution in [-0.2, 0) is 13.0 Å². The molecule has 0 saturated heterocycles. The van der Waals surface area contributed by atoms with Crippen LogP contribution in [0.3, 0.4) is 0 Å². The van der Waals surface area contributed by atoms with Gasteiger partial charge in [-0.3, -0.25) is 4.40 Å². The van der Waals surface area contributed by atoms with Gasteiger partial charge in [-0.25, -0.2) is 4.98 Å². The van der Waals surface area contributed by atoms with Crippen LogP contribution >= 0.6 is 15.9 Å². The molecule has 4 heteroatoms. The van der Waals surface area contributed by atoms with Crippen molar-refractivity contribution in [2.24, 2.45) is 0 Å². The van der Waals surface area contributed by atoms with Gasteiger partial charge in [-0.05, 0) is 46.5 Å². The van der Waals surface area contributed by atoms with E-state index in [-0.39, 0.29) is 0 Å². The Hall–Kier alpha value is -1.81. The molecule has 0 aliphatic rings. The number of aromatic nitrogens is 2. The minimum Gasteiger partial charge on any atom is -0.366 e. The summed E-state index contributed by atoms with van der Waals surface area (Å²) in [6.07, 6.45) is 6.76. The first-order chi connectivity index (χ1) is 11.3.